The van der Waals surface area contributed by atoms with Gasteiger partial charge in [0.15, 0.2) is 0 Å². The molecule has 0 aliphatic carbocycles. The number of rotatable bonds is 8. The SMILES string of the molecule is CC(CN1CCCC(C(=O)NC(C)c2cncn2Cc2ccc(C#N)cc2)C1)c1ccccc1. The molecule has 0 spiro atoms. The number of imidazole rings is 1. The molecule has 34 heavy (non-hydrogen) atoms. The molecule has 3 aromatic rings. The first-order valence-corrected chi connectivity index (χ1v) is 12.1. The second-order valence-electron chi connectivity index (χ2n) is 9.40. The molecule has 0 bridgehead atoms. The number of hydrogen-bond donors (Lipinski definition) is 1. The van der Waals surface area contributed by atoms with Gasteiger partial charge in [-0.1, -0.05) is 49.4 Å². The molecule has 2 aromatic carbocycles. The first-order valence-electron chi connectivity index (χ1n) is 12.1. The van der Waals surface area contributed by atoms with Gasteiger partial charge in [-0.2, -0.15) is 5.26 Å². The van der Waals surface area contributed by atoms with Crippen LogP contribution in [-0.2, 0) is 11.3 Å². The lowest BCUT2D eigenvalue weighted by Gasteiger charge is -2.34. The quantitative estimate of drug-likeness (QED) is 0.543. The van der Waals surface area contributed by atoms with E-state index in [4.69, 9.17) is 5.26 Å². The summed E-state index contributed by atoms with van der Waals surface area (Å²) < 4.78 is 2.06. The molecule has 3 unspecified atom stereocenters. The minimum absolute atomic E-state index is 0.00840. The summed E-state index contributed by atoms with van der Waals surface area (Å²) in [6, 6.07) is 20.2. The highest BCUT2D eigenvalue weighted by Gasteiger charge is 2.28. The summed E-state index contributed by atoms with van der Waals surface area (Å²) in [5.41, 5.74) is 4.06. The van der Waals surface area contributed by atoms with Crippen molar-refractivity contribution >= 4 is 5.91 Å². The van der Waals surface area contributed by atoms with E-state index in [9.17, 15) is 4.79 Å². The van der Waals surface area contributed by atoms with Crippen LogP contribution in [0.2, 0.25) is 0 Å². The van der Waals surface area contributed by atoms with E-state index in [-0.39, 0.29) is 17.9 Å². The number of carbonyl (C=O) groups excluding carboxylic acids is 1. The van der Waals surface area contributed by atoms with Gasteiger partial charge in [-0.15, -0.1) is 0 Å². The maximum atomic E-state index is 13.1. The Balaban J connectivity index is 1.33. The summed E-state index contributed by atoms with van der Waals surface area (Å²) in [4.78, 5) is 19.9. The number of piperidine rings is 1. The minimum Gasteiger partial charge on any atom is -0.348 e. The Kier molecular flexibility index (Phi) is 7.76. The largest absolute Gasteiger partial charge is 0.348 e. The number of benzene rings is 2. The summed E-state index contributed by atoms with van der Waals surface area (Å²) in [5.74, 6) is 0.572. The molecule has 3 atom stereocenters. The second kappa shape index (κ2) is 11.1. The Labute approximate surface area is 202 Å². The highest BCUT2D eigenvalue weighted by molar-refractivity contribution is 5.79. The van der Waals surface area contributed by atoms with Crippen LogP contribution < -0.4 is 5.32 Å². The maximum absolute atomic E-state index is 13.1. The second-order valence-corrected chi connectivity index (χ2v) is 9.40. The Morgan fingerprint density at radius 1 is 1.18 bits per heavy atom. The first kappa shape index (κ1) is 23.7. The van der Waals surface area contributed by atoms with Gasteiger partial charge in [0.25, 0.3) is 0 Å². The van der Waals surface area contributed by atoms with E-state index in [1.54, 1.807) is 6.33 Å². The topological polar surface area (TPSA) is 74.0 Å². The predicted octanol–water partition coefficient (Wildman–Crippen LogP) is 4.50. The van der Waals surface area contributed by atoms with E-state index in [0.717, 1.165) is 43.7 Å². The number of likely N-dealkylation sites (tertiary alicyclic amines) is 1. The van der Waals surface area contributed by atoms with E-state index >= 15 is 0 Å². The van der Waals surface area contributed by atoms with E-state index in [0.29, 0.717) is 18.0 Å². The first-order chi connectivity index (χ1) is 16.5. The van der Waals surface area contributed by atoms with Crippen molar-refractivity contribution < 1.29 is 4.79 Å². The molecule has 1 amide bonds. The van der Waals surface area contributed by atoms with Crippen LogP contribution in [0.4, 0.5) is 0 Å². The summed E-state index contributed by atoms with van der Waals surface area (Å²) in [5, 5.41) is 12.2. The van der Waals surface area contributed by atoms with Gasteiger partial charge in [0.05, 0.1) is 41.8 Å². The van der Waals surface area contributed by atoms with Crippen molar-refractivity contribution in [3.63, 3.8) is 0 Å². The third kappa shape index (κ3) is 5.92. The van der Waals surface area contributed by atoms with Gasteiger partial charge in [0.2, 0.25) is 5.91 Å². The molecule has 1 aliphatic rings. The van der Waals surface area contributed by atoms with Crippen molar-refractivity contribution in [2.24, 2.45) is 5.92 Å². The minimum atomic E-state index is -0.132. The smallest absolute Gasteiger partial charge is 0.224 e. The number of amides is 1. The number of hydrogen-bond acceptors (Lipinski definition) is 4. The molecule has 0 radical (unpaired) electrons. The van der Waals surface area contributed by atoms with Crippen LogP contribution in [-0.4, -0.2) is 40.0 Å². The van der Waals surface area contributed by atoms with Crippen molar-refractivity contribution in [3.8, 4) is 6.07 Å². The van der Waals surface area contributed by atoms with Crippen LogP contribution >= 0.6 is 0 Å². The van der Waals surface area contributed by atoms with Crippen LogP contribution in [0.25, 0.3) is 0 Å². The van der Waals surface area contributed by atoms with Crippen LogP contribution in [0.5, 0.6) is 0 Å². The average molecular weight is 456 g/mol. The molecular formula is C28H33N5O. The summed E-state index contributed by atoms with van der Waals surface area (Å²) in [6.45, 7) is 7.75. The lowest BCUT2D eigenvalue weighted by atomic mass is 9.94. The number of carbonyl (C=O) groups is 1. The van der Waals surface area contributed by atoms with Crippen LogP contribution in [0.15, 0.2) is 67.1 Å². The molecule has 6 heteroatoms. The number of aromatic nitrogens is 2. The van der Waals surface area contributed by atoms with Crippen molar-refractivity contribution in [2.45, 2.75) is 45.2 Å². The molecule has 176 valence electrons. The van der Waals surface area contributed by atoms with Gasteiger partial charge in [0, 0.05) is 19.6 Å². The normalized spacial score (nSPS) is 18.1. The molecule has 1 aliphatic heterocycles. The fraction of sp³-hybridized carbons (Fsp3) is 0.393. The summed E-state index contributed by atoms with van der Waals surface area (Å²) >= 11 is 0. The Hall–Kier alpha value is -3.43. The molecule has 0 saturated carbocycles. The van der Waals surface area contributed by atoms with Crippen molar-refractivity contribution in [1.29, 1.82) is 5.26 Å². The molecule has 1 aromatic heterocycles. The van der Waals surface area contributed by atoms with Crippen molar-refractivity contribution in [3.05, 3.63) is 89.5 Å². The van der Waals surface area contributed by atoms with Crippen molar-refractivity contribution in [1.82, 2.24) is 19.8 Å². The van der Waals surface area contributed by atoms with E-state index in [1.165, 1.54) is 5.56 Å². The molecule has 4 rings (SSSR count). The highest BCUT2D eigenvalue weighted by atomic mass is 16.2. The van der Waals surface area contributed by atoms with Gasteiger partial charge < -0.3 is 14.8 Å². The van der Waals surface area contributed by atoms with Gasteiger partial charge >= 0.3 is 0 Å². The highest BCUT2D eigenvalue weighted by Crippen LogP contribution is 2.23. The van der Waals surface area contributed by atoms with E-state index in [2.05, 4.69) is 63.1 Å². The van der Waals surface area contributed by atoms with Crippen LogP contribution in [0.3, 0.4) is 0 Å². The fourth-order valence-electron chi connectivity index (χ4n) is 4.82. The standard InChI is InChI=1S/C28H33N5O/c1-21(25-7-4-3-5-8-25)17-32-14-6-9-26(19-32)28(34)31-22(2)27-16-30-20-33(27)18-24-12-10-23(15-29)11-13-24/h3-5,7-8,10-13,16,20-22,26H,6,9,14,17-19H2,1-2H3,(H,31,34). The third-order valence-corrected chi connectivity index (χ3v) is 6.76. The monoisotopic (exact) mass is 455 g/mol. The van der Waals surface area contributed by atoms with Gasteiger partial charge in [-0.25, -0.2) is 4.98 Å². The lowest BCUT2D eigenvalue weighted by Crippen LogP contribution is -2.44. The fourth-order valence-corrected chi connectivity index (χ4v) is 4.82. The Morgan fingerprint density at radius 3 is 2.68 bits per heavy atom. The van der Waals surface area contributed by atoms with E-state index < -0.39 is 0 Å². The maximum Gasteiger partial charge on any atom is 0.224 e. The Morgan fingerprint density at radius 2 is 1.94 bits per heavy atom. The number of nitriles is 1. The zero-order chi connectivity index (χ0) is 23.9. The molecule has 6 nitrogen and oxygen atoms in total. The summed E-state index contributed by atoms with van der Waals surface area (Å²) in [6.07, 6.45) is 5.59. The average Bonchev–Trinajstić information content (AvgIpc) is 3.33. The van der Waals surface area contributed by atoms with Crippen LogP contribution in [0, 0.1) is 17.2 Å². The van der Waals surface area contributed by atoms with Gasteiger partial charge in [0.1, 0.15) is 0 Å². The lowest BCUT2D eigenvalue weighted by molar-refractivity contribution is -0.127. The molecule has 1 saturated heterocycles. The van der Waals surface area contributed by atoms with Gasteiger partial charge in [-0.3, -0.25) is 4.79 Å². The number of nitrogens with one attached hydrogen (secondary N) is 1. The molecule has 1 N–H and O–H groups in total. The van der Waals surface area contributed by atoms with Gasteiger partial charge in [-0.05, 0) is 55.5 Å². The third-order valence-electron chi connectivity index (χ3n) is 6.76. The number of nitrogens with zero attached hydrogens (tertiary/aromatic N) is 4. The van der Waals surface area contributed by atoms with Crippen molar-refractivity contribution in [2.75, 3.05) is 19.6 Å². The molecule has 2 heterocycles. The zero-order valence-electron chi connectivity index (χ0n) is 20.0. The Bertz CT molecular complexity index is 1120. The zero-order valence-corrected chi connectivity index (χ0v) is 20.0. The molecular weight excluding hydrogens is 422 g/mol. The molecule has 1 fully saturated rings. The van der Waals surface area contributed by atoms with Crippen LogP contribution in [0.1, 0.15) is 61.0 Å². The van der Waals surface area contributed by atoms with E-state index in [1.807, 2.05) is 37.4 Å². The summed E-state index contributed by atoms with van der Waals surface area (Å²) in [7, 11) is 0. The predicted molar refractivity (Wildman–Crippen MR) is 133 cm³/mol.